The van der Waals surface area contributed by atoms with Gasteiger partial charge in [-0.05, 0) is 31.4 Å². The van der Waals surface area contributed by atoms with Gasteiger partial charge in [-0.3, -0.25) is 0 Å². The fourth-order valence-corrected chi connectivity index (χ4v) is 2.10. The van der Waals surface area contributed by atoms with Gasteiger partial charge in [-0.15, -0.1) is 6.58 Å². The van der Waals surface area contributed by atoms with E-state index < -0.39 is 0 Å². The Morgan fingerprint density at radius 3 is 1.59 bits per heavy atom. The van der Waals surface area contributed by atoms with Crippen LogP contribution in [-0.4, -0.2) is 12.6 Å². The second-order valence-corrected chi connectivity index (χ2v) is 5.05. The summed E-state index contributed by atoms with van der Waals surface area (Å²) in [5.74, 6) is -0.213. The third-order valence-electron chi connectivity index (χ3n) is 3.30. The van der Waals surface area contributed by atoms with Crippen molar-refractivity contribution in [2.45, 2.75) is 51.4 Å². The monoisotopic (exact) mass is 1040 g/mol. The number of benzene rings is 1. The second-order valence-electron chi connectivity index (χ2n) is 5.05. The van der Waals surface area contributed by atoms with E-state index in [9.17, 15) is 4.79 Å². The number of allylic oxidation sites excluding steroid dienone is 1. The number of carbonyl (C=O) groups excluding carboxylic acids is 1. The predicted octanol–water partition coefficient (Wildman–Crippen LogP) is -12.8. The van der Waals surface area contributed by atoms with Crippen LogP contribution in [-0.2, 0) is 67.9 Å². The molecular formula is C18H26Cl6O2W3. The molecule has 0 aliphatic carbocycles. The first-order valence-electron chi connectivity index (χ1n) is 7.67. The second kappa shape index (κ2) is 44.0. The minimum absolute atomic E-state index is 0. The van der Waals surface area contributed by atoms with E-state index in [0.29, 0.717) is 12.2 Å². The fourth-order valence-electron chi connectivity index (χ4n) is 2.10. The summed E-state index contributed by atoms with van der Waals surface area (Å²) in [6.07, 6.45) is 11.6. The molecule has 0 fully saturated rings. The van der Waals surface area contributed by atoms with Crippen LogP contribution in [0.4, 0.5) is 0 Å². The van der Waals surface area contributed by atoms with Crippen molar-refractivity contribution < 1.29 is 147 Å². The van der Waals surface area contributed by atoms with Crippen molar-refractivity contribution in [2.75, 3.05) is 6.61 Å². The van der Waals surface area contributed by atoms with Gasteiger partial charge in [0.05, 0.1) is 12.2 Å². The van der Waals surface area contributed by atoms with E-state index in [1.807, 2.05) is 24.3 Å². The quantitative estimate of drug-likeness (QED) is 0.125. The van der Waals surface area contributed by atoms with Crippen LogP contribution in [0.5, 0.6) is 0 Å². The van der Waals surface area contributed by atoms with Gasteiger partial charge >= 0.3 is 69.2 Å². The SMILES string of the molecule is C=CCCCCCCCCCOC(=O)c1ccccc1.[Cl-].[Cl-].[Cl-].[Cl-].[Cl-].[Cl-].[W+2].[W+2].[W+2]. The van der Waals surface area contributed by atoms with Crippen molar-refractivity contribution in [3.8, 4) is 0 Å². The van der Waals surface area contributed by atoms with Gasteiger partial charge in [-0.2, -0.15) is 0 Å². The summed E-state index contributed by atoms with van der Waals surface area (Å²) in [4.78, 5) is 11.6. The molecule has 0 heterocycles. The number of hydrogen-bond donors (Lipinski definition) is 0. The summed E-state index contributed by atoms with van der Waals surface area (Å²) < 4.78 is 5.24. The predicted molar refractivity (Wildman–Crippen MR) is 83.9 cm³/mol. The molecule has 0 saturated carbocycles. The van der Waals surface area contributed by atoms with Crippen LogP contribution in [0.25, 0.3) is 0 Å². The zero-order chi connectivity index (χ0) is 14.5. The van der Waals surface area contributed by atoms with E-state index in [1.54, 1.807) is 12.1 Å². The zero-order valence-electron chi connectivity index (χ0n) is 15.8. The summed E-state index contributed by atoms with van der Waals surface area (Å²) in [6, 6.07) is 9.16. The number of esters is 1. The number of carbonyl (C=O) groups is 1. The van der Waals surface area contributed by atoms with E-state index in [2.05, 4.69) is 6.58 Å². The molecule has 0 spiro atoms. The van der Waals surface area contributed by atoms with Crippen molar-refractivity contribution >= 4 is 5.97 Å². The van der Waals surface area contributed by atoms with E-state index in [-0.39, 0.29) is 144 Å². The Morgan fingerprint density at radius 2 is 1.14 bits per heavy atom. The third-order valence-corrected chi connectivity index (χ3v) is 3.30. The average Bonchev–Trinajstić information content (AvgIpc) is 2.50. The summed E-state index contributed by atoms with van der Waals surface area (Å²) in [5.41, 5.74) is 0.634. The Bertz CT molecular complexity index is 404. The zero-order valence-corrected chi connectivity index (χ0v) is 29.2. The van der Waals surface area contributed by atoms with Gasteiger partial charge in [0, 0.05) is 0 Å². The number of ether oxygens (including phenoxy) is 1. The fraction of sp³-hybridized carbons (Fsp3) is 0.500. The normalized spacial score (nSPS) is 7.03. The van der Waals surface area contributed by atoms with Crippen molar-refractivity contribution in [1.29, 1.82) is 0 Å². The van der Waals surface area contributed by atoms with E-state index >= 15 is 0 Å². The summed E-state index contributed by atoms with van der Waals surface area (Å²) in [6.45, 7) is 4.25. The number of halogens is 6. The Balaban J connectivity index is -0.0000000635. The maximum absolute atomic E-state index is 11.6. The molecular weight excluding hydrogens is 1010 g/mol. The average molecular weight is 1040 g/mol. The van der Waals surface area contributed by atoms with Gasteiger partial charge in [-0.1, -0.05) is 56.4 Å². The van der Waals surface area contributed by atoms with Crippen LogP contribution in [0.2, 0.25) is 0 Å². The van der Waals surface area contributed by atoms with Crippen LogP contribution < -0.4 is 74.4 Å². The molecule has 1 rings (SSSR count). The first kappa shape index (κ1) is 57.8. The molecule has 11 heteroatoms. The molecule has 29 heavy (non-hydrogen) atoms. The smallest absolute Gasteiger partial charge is 1.00 e. The van der Waals surface area contributed by atoms with E-state index in [4.69, 9.17) is 4.74 Å². The van der Waals surface area contributed by atoms with E-state index in [1.165, 1.54) is 32.1 Å². The van der Waals surface area contributed by atoms with Crippen LogP contribution in [0, 0.1) is 0 Å². The molecule has 1 aromatic carbocycles. The van der Waals surface area contributed by atoms with Gasteiger partial charge in [0.15, 0.2) is 0 Å². The van der Waals surface area contributed by atoms with E-state index in [0.717, 1.165) is 19.3 Å². The molecule has 0 N–H and O–H groups in total. The summed E-state index contributed by atoms with van der Waals surface area (Å²) >= 11 is 0. The number of hydrogen-bond acceptors (Lipinski definition) is 2. The standard InChI is InChI=1S/C18H26O2.6ClH.3W/c1-2-3-4-5-6-7-8-9-13-16-20-18(19)17-14-11-10-12-15-17;;;;;;;;;/h2,10-12,14-15H,1,3-9,13,16H2;6*1H;;;/q;;;;;;;3*+2/p-6. The first-order valence-corrected chi connectivity index (χ1v) is 7.67. The molecule has 1 aromatic rings. The largest absolute Gasteiger partial charge is 2.00 e. The maximum Gasteiger partial charge on any atom is 2.00 e. The first-order chi connectivity index (χ1) is 9.84. The van der Waals surface area contributed by atoms with Gasteiger partial charge in [0.25, 0.3) is 0 Å². The molecule has 170 valence electrons. The molecule has 0 saturated heterocycles. The Hall–Kier alpha value is 2.23. The maximum atomic E-state index is 11.6. The molecule has 0 bridgehead atoms. The van der Waals surface area contributed by atoms with Crippen molar-refractivity contribution in [2.24, 2.45) is 0 Å². The van der Waals surface area contributed by atoms with Crippen LogP contribution >= 0.6 is 0 Å². The van der Waals surface area contributed by atoms with Crippen LogP contribution in [0.3, 0.4) is 0 Å². The van der Waals surface area contributed by atoms with Crippen LogP contribution in [0.15, 0.2) is 43.0 Å². The minimum Gasteiger partial charge on any atom is -1.00 e. The number of unbranched alkanes of at least 4 members (excludes halogenated alkanes) is 7. The molecule has 0 aliphatic rings. The molecule has 0 radical (unpaired) electrons. The molecule has 0 aromatic heterocycles. The summed E-state index contributed by atoms with van der Waals surface area (Å²) in [7, 11) is 0. The molecule has 0 aliphatic heterocycles. The van der Waals surface area contributed by atoms with Gasteiger partial charge < -0.3 is 79.2 Å². The Labute approximate surface area is 256 Å². The van der Waals surface area contributed by atoms with Crippen molar-refractivity contribution in [3.05, 3.63) is 48.6 Å². The van der Waals surface area contributed by atoms with Crippen molar-refractivity contribution in [1.82, 2.24) is 0 Å². The topological polar surface area (TPSA) is 26.3 Å². The molecule has 0 atom stereocenters. The van der Waals surface area contributed by atoms with Gasteiger partial charge in [-0.25, -0.2) is 4.79 Å². The molecule has 0 unspecified atom stereocenters. The summed E-state index contributed by atoms with van der Waals surface area (Å²) in [5, 5.41) is 0. The van der Waals surface area contributed by atoms with Gasteiger partial charge in [0.2, 0.25) is 0 Å². The minimum atomic E-state index is -0.213. The van der Waals surface area contributed by atoms with Crippen LogP contribution in [0.1, 0.15) is 61.7 Å². The van der Waals surface area contributed by atoms with Crippen molar-refractivity contribution in [3.63, 3.8) is 0 Å². The van der Waals surface area contributed by atoms with Gasteiger partial charge in [0.1, 0.15) is 0 Å². The Morgan fingerprint density at radius 1 is 0.724 bits per heavy atom. The molecule has 2 nitrogen and oxygen atoms in total. The molecule has 0 amide bonds. The number of rotatable bonds is 11. The third kappa shape index (κ3) is 35.0. The Kier molecular flexibility index (Phi) is 87.6.